The summed E-state index contributed by atoms with van der Waals surface area (Å²) in [6.07, 6.45) is 0. The van der Waals surface area contributed by atoms with Gasteiger partial charge in [-0.25, -0.2) is 9.78 Å². The molecule has 0 fully saturated rings. The number of ether oxygens (including phenoxy) is 1. The number of benzene rings is 1. The highest BCUT2D eigenvalue weighted by molar-refractivity contribution is 7.14. The zero-order valence-corrected chi connectivity index (χ0v) is 12.6. The summed E-state index contributed by atoms with van der Waals surface area (Å²) in [5.74, 6) is -1.31. The van der Waals surface area contributed by atoms with Gasteiger partial charge in [0.25, 0.3) is 5.91 Å². The number of thiazole rings is 1. The number of carboxylic acid groups (broad SMARTS) is 1. The predicted molar refractivity (Wildman–Crippen MR) is 79.7 cm³/mol. The predicted octanol–water partition coefficient (Wildman–Crippen LogP) is 3.17. The molecule has 9 heteroatoms. The SMILES string of the molecule is O=C(COc1ccc(Cl)cc1Cl)Nc1nc(C(=O)O)cs1. The van der Waals surface area contributed by atoms with E-state index >= 15 is 0 Å². The number of rotatable bonds is 5. The van der Waals surface area contributed by atoms with Gasteiger partial charge >= 0.3 is 5.97 Å². The van der Waals surface area contributed by atoms with Crippen LogP contribution < -0.4 is 10.1 Å². The van der Waals surface area contributed by atoms with Gasteiger partial charge in [-0.2, -0.15) is 0 Å². The molecule has 2 aromatic rings. The van der Waals surface area contributed by atoms with Crippen LogP contribution in [0, 0.1) is 0 Å². The molecule has 0 bridgehead atoms. The smallest absolute Gasteiger partial charge is 0.355 e. The number of hydrogen-bond acceptors (Lipinski definition) is 5. The second-order valence-corrected chi connectivity index (χ2v) is 5.46. The van der Waals surface area contributed by atoms with Gasteiger partial charge in [0.2, 0.25) is 0 Å². The summed E-state index contributed by atoms with van der Waals surface area (Å²) in [6, 6.07) is 4.63. The Balaban J connectivity index is 1.91. The molecule has 0 unspecified atom stereocenters. The van der Waals surface area contributed by atoms with Crippen LogP contribution in [0.3, 0.4) is 0 Å². The van der Waals surface area contributed by atoms with Gasteiger partial charge in [0.05, 0.1) is 5.02 Å². The maximum atomic E-state index is 11.7. The van der Waals surface area contributed by atoms with E-state index in [1.165, 1.54) is 11.4 Å². The Kier molecular flexibility index (Phi) is 5.00. The van der Waals surface area contributed by atoms with Gasteiger partial charge in [-0.3, -0.25) is 10.1 Å². The standard InChI is InChI=1S/C12H8Cl2N2O4S/c13-6-1-2-9(7(14)3-6)20-4-10(17)16-12-15-8(5-21-12)11(18)19/h1-3,5H,4H2,(H,18,19)(H,15,16,17). The fraction of sp³-hybridized carbons (Fsp3) is 0.0833. The summed E-state index contributed by atoms with van der Waals surface area (Å²) in [5.41, 5.74) is -0.128. The van der Waals surface area contributed by atoms with Crippen molar-refractivity contribution in [3.63, 3.8) is 0 Å². The summed E-state index contributed by atoms with van der Waals surface area (Å²) in [4.78, 5) is 26.0. The van der Waals surface area contributed by atoms with E-state index in [1.807, 2.05) is 0 Å². The van der Waals surface area contributed by atoms with E-state index in [9.17, 15) is 9.59 Å². The Hall–Kier alpha value is -1.83. The lowest BCUT2D eigenvalue weighted by Crippen LogP contribution is -2.20. The van der Waals surface area contributed by atoms with Gasteiger partial charge in [-0.1, -0.05) is 23.2 Å². The van der Waals surface area contributed by atoms with Crippen LogP contribution in [0.15, 0.2) is 23.6 Å². The van der Waals surface area contributed by atoms with Crippen molar-refractivity contribution in [1.82, 2.24) is 4.98 Å². The van der Waals surface area contributed by atoms with Crippen LogP contribution >= 0.6 is 34.5 Å². The number of halogens is 2. The summed E-state index contributed by atoms with van der Waals surface area (Å²) < 4.78 is 5.24. The molecule has 0 saturated carbocycles. The molecular formula is C12H8Cl2N2O4S. The molecule has 0 atom stereocenters. The van der Waals surface area contributed by atoms with Gasteiger partial charge < -0.3 is 9.84 Å². The van der Waals surface area contributed by atoms with Gasteiger partial charge in [0.1, 0.15) is 5.75 Å². The summed E-state index contributed by atoms with van der Waals surface area (Å²) in [5, 5.41) is 13.4. The van der Waals surface area contributed by atoms with E-state index < -0.39 is 11.9 Å². The Bertz CT molecular complexity index is 690. The van der Waals surface area contributed by atoms with Crippen LogP contribution in [0.4, 0.5) is 5.13 Å². The minimum absolute atomic E-state index is 0.128. The first kappa shape index (κ1) is 15.6. The van der Waals surface area contributed by atoms with Crippen LogP contribution in [0.25, 0.3) is 0 Å². The lowest BCUT2D eigenvalue weighted by Gasteiger charge is -2.07. The van der Waals surface area contributed by atoms with E-state index in [4.69, 9.17) is 33.0 Å². The molecule has 0 aliphatic heterocycles. The quantitative estimate of drug-likeness (QED) is 0.867. The summed E-state index contributed by atoms with van der Waals surface area (Å²) >= 11 is 12.6. The molecule has 1 aromatic carbocycles. The summed E-state index contributed by atoms with van der Waals surface area (Å²) in [6.45, 7) is -0.288. The number of carbonyl (C=O) groups is 2. The van der Waals surface area contributed by atoms with Crippen LogP contribution in [0.5, 0.6) is 5.75 Å². The molecule has 6 nitrogen and oxygen atoms in total. The third-order valence-electron chi connectivity index (χ3n) is 2.22. The summed E-state index contributed by atoms with van der Waals surface area (Å²) in [7, 11) is 0. The lowest BCUT2D eigenvalue weighted by atomic mass is 10.3. The third kappa shape index (κ3) is 4.32. The topological polar surface area (TPSA) is 88.5 Å². The molecule has 21 heavy (non-hydrogen) atoms. The first-order valence-corrected chi connectivity index (χ1v) is 7.16. The van der Waals surface area contributed by atoms with Crippen molar-refractivity contribution in [3.05, 3.63) is 39.3 Å². The van der Waals surface area contributed by atoms with Crippen LogP contribution in [-0.4, -0.2) is 28.6 Å². The van der Waals surface area contributed by atoms with E-state index in [-0.39, 0.29) is 22.5 Å². The number of carbonyl (C=O) groups excluding carboxylic acids is 1. The normalized spacial score (nSPS) is 10.2. The molecule has 0 radical (unpaired) electrons. The molecule has 1 heterocycles. The average Bonchev–Trinajstić information content (AvgIpc) is 2.86. The van der Waals surface area contributed by atoms with E-state index in [1.54, 1.807) is 12.1 Å². The Labute approximate surface area is 133 Å². The van der Waals surface area contributed by atoms with Crippen molar-refractivity contribution >= 4 is 51.5 Å². The number of aromatic carboxylic acids is 1. The third-order valence-corrected chi connectivity index (χ3v) is 3.51. The molecule has 1 amide bonds. The fourth-order valence-electron chi connectivity index (χ4n) is 1.32. The maximum Gasteiger partial charge on any atom is 0.355 e. The van der Waals surface area contributed by atoms with Crippen molar-refractivity contribution < 1.29 is 19.4 Å². The molecule has 0 spiro atoms. The molecule has 0 saturated heterocycles. The molecule has 2 N–H and O–H groups in total. The van der Waals surface area contributed by atoms with Crippen molar-refractivity contribution in [2.45, 2.75) is 0 Å². The van der Waals surface area contributed by atoms with Crippen LogP contribution in [0.2, 0.25) is 10.0 Å². The van der Waals surface area contributed by atoms with Gasteiger partial charge in [-0.15, -0.1) is 11.3 Å². The maximum absolute atomic E-state index is 11.7. The van der Waals surface area contributed by atoms with Crippen molar-refractivity contribution in [2.75, 3.05) is 11.9 Å². The molecular weight excluding hydrogens is 339 g/mol. The Morgan fingerprint density at radius 1 is 1.38 bits per heavy atom. The average molecular weight is 347 g/mol. The minimum atomic E-state index is -1.16. The highest BCUT2D eigenvalue weighted by atomic mass is 35.5. The van der Waals surface area contributed by atoms with E-state index in [0.29, 0.717) is 10.8 Å². The first-order chi connectivity index (χ1) is 9.95. The van der Waals surface area contributed by atoms with Crippen molar-refractivity contribution in [2.24, 2.45) is 0 Å². The van der Waals surface area contributed by atoms with E-state index in [0.717, 1.165) is 11.3 Å². The highest BCUT2D eigenvalue weighted by Crippen LogP contribution is 2.27. The zero-order chi connectivity index (χ0) is 15.4. The molecule has 1 aromatic heterocycles. The van der Waals surface area contributed by atoms with Gasteiger partial charge in [0.15, 0.2) is 17.4 Å². The molecule has 0 aliphatic carbocycles. The van der Waals surface area contributed by atoms with Gasteiger partial charge in [-0.05, 0) is 18.2 Å². The number of aromatic nitrogens is 1. The Morgan fingerprint density at radius 3 is 2.76 bits per heavy atom. The highest BCUT2D eigenvalue weighted by Gasteiger charge is 2.12. The second-order valence-electron chi connectivity index (χ2n) is 3.75. The van der Waals surface area contributed by atoms with E-state index in [2.05, 4.69) is 10.3 Å². The number of amides is 1. The number of nitrogens with one attached hydrogen (secondary N) is 1. The zero-order valence-electron chi connectivity index (χ0n) is 10.3. The van der Waals surface area contributed by atoms with Crippen LogP contribution in [0.1, 0.15) is 10.5 Å². The van der Waals surface area contributed by atoms with Crippen molar-refractivity contribution in [3.8, 4) is 5.75 Å². The van der Waals surface area contributed by atoms with Crippen molar-refractivity contribution in [1.29, 1.82) is 0 Å². The lowest BCUT2D eigenvalue weighted by molar-refractivity contribution is -0.118. The second kappa shape index (κ2) is 6.75. The monoisotopic (exact) mass is 346 g/mol. The number of hydrogen-bond donors (Lipinski definition) is 2. The van der Waals surface area contributed by atoms with Crippen LogP contribution in [-0.2, 0) is 4.79 Å². The largest absolute Gasteiger partial charge is 0.482 e. The molecule has 110 valence electrons. The fourth-order valence-corrected chi connectivity index (χ4v) is 2.48. The molecule has 2 rings (SSSR count). The number of carboxylic acids is 1. The number of nitrogens with zero attached hydrogens (tertiary/aromatic N) is 1. The van der Waals surface area contributed by atoms with Gasteiger partial charge in [0, 0.05) is 10.4 Å². The Morgan fingerprint density at radius 2 is 2.14 bits per heavy atom. The minimum Gasteiger partial charge on any atom is -0.482 e. The number of anilines is 1. The molecule has 0 aliphatic rings. The first-order valence-electron chi connectivity index (χ1n) is 5.52.